The summed E-state index contributed by atoms with van der Waals surface area (Å²) in [5.41, 5.74) is 0.540. The Kier molecular flexibility index (Phi) is 6.29. The highest BCUT2D eigenvalue weighted by Gasteiger charge is 2.21. The highest BCUT2D eigenvalue weighted by molar-refractivity contribution is 6.32. The van der Waals surface area contributed by atoms with E-state index in [1.165, 1.54) is 12.8 Å². The van der Waals surface area contributed by atoms with E-state index >= 15 is 0 Å². The molecule has 0 radical (unpaired) electrons. The number of benzene rings is 1. The van der Waals surface area contributed by atoms with E-state index in [2.05, 4.69) is 5.32 Å². The molecular formula is C15H20ClNO4. The first-order valence-electron chi connectivity index (χ1n) is 6.98. The van der Waals surface area contributed by atoms with Crippen molar-refractivity contribution in [1.29, 1.82) is 0 Å². The van der Waals surface area contributed by atoms with Crippen molar-refractivity contribution in [3.63, 3.8) is 0 Å². The van der Waals surface area contributed by atoms with E-state index in [0.717, 1.165) is 0 Å². The number of methoxy groups -OCH3 is 1. The number of halogens is 1. The zero-order valence-electron chi connectivity index (χ0n) is 12.1. The third kappa shape index (κ3) is 5.53. The van der Waals surface area contributed by atoms with E-state index in [1.807, 2.05) is 0 Å². The summed E-state index contributed by atoms with van der Waals surface area (Å²) in [6.45, 7) is 1.51. The van der Waals surface area contributed by atoms with Gasteiger partial charge in [0.2, 0.25) is 5.91 Å². The predicted octanol–water partition coefficient (Wildman–Crippen LogP) is 2.73. The predicted molar refractivity (Wildman–Crippen MR) is 81.0 cm³/mol. The van der Waals surface area contributed by atoms with Gasteiger partial charge in [-0.1, -0.05) is 17.7 Å². The maximum Gasteiger partial charge on any atom is 0.250 e. The van der Waals surface area contributed by atoms with Crippen molar-refractivity contribution in [3.05, 3.63) is 23.2 Å². The number of para-hydroxylation sites is 1. The Labute approximate surface area is 129 Å². The molecule has 0 atom stereocenters. The first-order chi connectivity index (χ1) is 10.2. The molecule has 1 fully saturated rings. The summed E-state index contributed by atoms with van der Waals surface area (Å²) < 4.78 is 15.8. The molecular weight excluding hydrogens is 294 g/mol. The first-order valence-corrected chi connectivity index (χ1v) is 7.36. The van der Waals surface area contributed by atoms with Crippen molar-refractivity contribution >= 4 is 23.2 Å². The average Bonchev–Trinajstić information content (AvgIpc) is 3.26. The molecule has 2 rings (SSSR count). The van der Waals surface area contributed by atoms with Crippen LogP contribution in [0.4, 0.5) is 5.69 Å². The first kappa shape index (κ1) is 16.1. The quantitative estimate of drug-likeness (QED) is 0.712. The summed E-state index contributed by atoms with van der Waals surface area (Å²) in [5, 5.41) is 3.21. The summed E-state index contributed by atoms with van der Waals surface area (Å²) in [7, 11) is 1.59. The maximum atomic E-state index is 11.8. The minimum Gasteiger partial charge on any atom is -0.487 e. The maximum absolute atomic E-state index is 11.8. The number of ether oxygens (including phenoxy) is 3. The van der Waals surface area contributed by atoms with Crippen LogP contribution in [-0.2, 0) is 14.3 Å². The van der Waals surface area contributed by atoms with Crippen LogP contribution in [0.3, 0.4) is 0 Å². The Hall–Kier alpha value is -1.30. The van der Waals surface area contributed by atoms with Gasteiger partial charge >= 0.3 is 0 Å². The molecule has 116 valence electrons. The second kappa shape index (κ2) is 8.22. The number of hydrogen-bond acceptors (Lipinski definition) is 4. The fourth-order valence-corrected chi connectivity index (χ4v) is 2.00. The molecule has 5 nitrogen and oxygen atoms in total. The molecule has 1 aromatic carbocycles. The Morgan fingerprint density at radius 3 is 2.90 bits per heavy atom. The van der Waals surface area contributed by atoms with Crippen molar-refractivity contribution < 1.29 is 19.0 Å². The number of carbonyl (C=O) groups is 1. The van der Waals surface area contributed by atoms with Gasteiger partial charge in [0, 0.05) is 7.11 Å². The SMILES string of the molecule is COCCOc1c(Cl)cccc1NC(=O)COCC1CC1. The number of amides is 1. The molecule has 0 unspecified atom stereocenters. The van der Waals surface area contributed by atoms with Crippen molar-refractivity contribution in [2.24, 2.45) is 5.92 Å². The molecule has 0 heterocycles. The third-order valence-electron chi connectivity index (χ3n) is 3.06. The number of nitrogens with one attached hydrogen (secondary N) is 1. The summed E-state index contributed by atoms with van der Waals surface area (Å²) in [6.07, 6.45) is 2.40. The Morgan fingerprint density at radius 2 is 2.19 bits per heavy atom. The van der Waals surface area contributed by atoms with Crippen LogP contribution in [-0.4, -0.2) is 39.4 Å². The number of anilines is 1. The topological polar surface area (TPSA) is 56.8 Å². The number of carbonyl (C=O) groups excluding carboxylic acids is 1. The zero-order chi connectivity index (χ0) is 15.1. The highest BCUT2D eigenvalue weighted by Crippen LogP contribution is 2.33. The standard InChI is InChI=1S/C15H20ClNO4/c1-19-7-8-21-15-12(16)3-2-4-13(15)17-14(18)10-20-9-11-5-6-11/h2-4,11H,5-10H2,1H3,(H,17,18). The Morgan fingerprint density at radius 1 is 1.38 bits per heavy atom. The molecule has 1 saturated carbocycles. The van der Waals surface area contributed by atoms with Gasteiger partial charge in [-0.3, -0.25) is 4.79 Å². The van der Waals surface area contributed by atoms with Gasteiger partial charge < -0.3 is 19.5 Å². The summed E-state index contributed by atoms with van der Waals surface area (Å²) in [5.74, 6) is 0.873. The van der Waals surface area contributed by atoms with Crippen LogP contribution in [0.15, 0.2) is 18.2 Å². The molecule has 0 bridgehead atoms. The van der Waals surface area contributed by atoms with Gasteiger partial charge in [-0.25, -0.2) is 0 Å². The molecule has 0 saturated heterocycles. The molecule has 1 amide bonds. The molecule has 1 aliphatic carbocycles. The van der Waals surface area contributed by atoms with Crippen molar-refractivity contribution in [3.8, 4) is 5.75 Å². The fraction of sp³-hybridized carbons (Fsp3) is 0.533. The third-order valence-corrected chi connectivity index (χ3v) is 3.36. The number of hydrogen-bond donors (Lipinski definition) is 1. The molecule has 0 spiro atoms. The van der Waals surface area contributed by atoms with Gasteiger partial charge in [0.05, 0.1) is 23.9 Å². The largest absolute Gasteiger partial charge is 0.487 e. The average molecular weight is 314 g/mol. The normalized spacial score (nSPS) is 14.0. The van der Waals surface area contributed by atoms with Crippen molar-refractivity contribution in [2.45, 2.75) is 12.8 Å². The molecule has 0 aromatic heterocycles. The van der Waals surface area contributed by atoms with Gasteiger partial charge in [0.1, 0.15) is 13.2 Å². The number of rotatable bonds is 9. The zero-order valence-corrected chi connectivity index (χ0v) is 12.8. The lowest BCUT2D eigenvalue weighted by Gasteiger charge is -2.13. The second-order valence-electron chi connectivity index (χ2n) is 4.96. The van der Waals surface area contributed by atoms with Gasteiger partial charge in [-0.15, -0.1) is 0 Å². The van der Waals surface area contributed by atoms with E-state index in [9.17, 15) is 4.79 Å². The van der Waals surface area contributed by atoms with Crippen LogP contribution in [0.5, 0.6) is 5.75 Å². The van der Waals surface area contributed by atoms with Crippen LogP contribution < -0.4 is 10.1 Å². The molecule has 21 heavy (non-hydrogen) atoms. The molecule has 1 aliphatic rings. The summed E-state index contributed by atoms with van der Waals surface area (Å²) in [6, 6.07) is 5.21. The van der Waals surface area contributed by atoms with Crippen molar-refractivity contribution in [1.82, 2.24) is 0 Å². The lowest BCUT2D eigenvalue weighted by molar-refractivity contribution is -0.120. The molecule has 0 aliphatic heterocycles. The van der Waals surface area contributed by atoms with Crippen LogP contribution in [0.25, 0.3) is 0 Å². The summed E-state index contributed by atoms with van der Waals surface area (Å²) >= 11 is 6.10. The Balaban J connectivity index is 1.87. The van der Waals surface area contributed by atoms with Crippen molar-refractivity contribution in [2.75, 3.05) is 38.9 Å². The van der Waals surface area contributed by atoms with Crippen LogP contribution in [0, 0.1) is 5.92 Å². The van der Waals surface area contributed by atoms with E-state index in [1.54, 1.807) is 25.3 Å². The van der Waals surface area contributed by atoms with Gasteiger partial charge in [-0.05, 0) is 30.9 Å². The minimum absolute atomic E-state index is 0.0422. The van der Waals surface area contributed by atoms with Crippen LogP contribution in [0.1, 0.15) is 12.8 Å². The molecule has 1 N–H and O–H groups in total. The molecule has 1 aromatic rings. The lowest BCUT2D eigenvalue weighted by Crippen LogP contribution is -2.19. The lowest BCUT2D eigenvalue weighted by atomic mass is 10.3. The van der Waals surface area contributed by atoms with Crippen LogP contribution in [0.2, 0.25) is 5.02 Å². The summed E-state index contributed by atoms with van der Waals surface area (Å²) in [4.78, 5) is 11.8. The highest BCUT2D eigenvalue weighted by atomic mass is 35.5. The van der Waals surface area contributed by atoms with E-state index in [4.69, 9.17) is 25.8 Å². The smallest absolute Gasteiger partial charge is 0.250 e. The van der Waals surface area contributed by atoms with Gasteiger partial charge in [0.25, 0.3) is 0 Å². The second-order valence-corrected chi connectivity index (χ2v) is 5.37. The van der Waals surface area contributed by atoms with Crippen LogP contribution >= 0.6 is 11.6 Å². The minimum atomic E-state index is -0.213. The van der Waals surface area contributed by atoms with E-state index < -0.39 is 0 Å². The molecule has 6 heteroatoms. The fourth-order valence-electron chi connectivity index (χ4n) is 1.77. The monoisotopic (exact) mass is 313 g/mol. The van der Waals surface area contributed by atoms with E-state index in [0.29, 0.717) is 42.2 Å². The van der Waals surface area contributed by atoms with E-state index in [-0.39, 0.29) is 12.5 Å². The Bertz CT molecular complexity index is 477. The van der Waals surface area contributed by atoms with Gasteiger partial charge in [-0.2, -0.15) is 0 Å². The van der Waals surface area contributed by atoms with Gasteiger partial charge in [0.15, 0.2) is 5.75 Å².